The van der Waals surface area contributed by atoms with Gasteiger partial charge in [0.2, 0.25) is 0 Å². The van der Waals surface area contributed by atoms with Gasteiger partial charge in [-0.25, -0.2) is 0 Å². The van der Waals surface area contributed by atoms with Gasteiger partial charge in [-0.2, -0.15) is 0 Å². The van der Waals surface area contributed by atoms with Gasteiger partial charge in [-0.3, -0.25) is 9.59 Å². The Morgan fingerprint density at radius 3 is 2.76 bits per heavy atom. The third-order valence-electron chi connectivity index (χ3n) is 4.07. The second-order valence-corrected chi connectivity index (χ2v) is 6.46. The average Bonchev–Trinajstić information content (AvgIpc) is 2.84. The number of aliphatic carboxylic acids is 1. The van der Waals surface area contributed by atoms with E-state index in [-0.39, 0.29) is 12.5 Å². The van der Waals surface area contributed by atoms with Crippen LogP contribution < -0.4 is 5.73 Å². The number of benzene rings is 1. The quantitative estimate of drug-likeness (QED) is 0.814. The summed E-state index contributed by atoms with van der Waals surface area (Å²) in [6, 6.07) is 5.11. The Kier molecular flexibility index (Phi) is 4.56. The Morgan fingerprint density at radius 2 is 2.19 bits per heavy atom. The first-order valence-electron chi connectivity index (χ1n) is 6.97. The lowest BCUT2D eigenvalue weighted by Gasteiger charge is -2.24. The third-order valence-corrected chi connectivity index (χ3v) is 4.56. The molecule has 0 bridgehead atoms. The third kappa shape index (κ3) is 3.05. The second-order valence-electron chi connectivity index (χ2n) is 5.54. The minimum absolute atomic E-state index is 0.195. The molecule has 6 heteroatoms. The van der Waals surface area contributed by atoms with Crippen molar-refractivity contribution in [2.45, 2.75) is 26.2 Å². The largest absolute Gasteiger partial charge is 0.481 e. The van der Waals surface area contributed by atoms with E-state index in [9.17, 15) is 14.7 Å². The molecule has 0 saturated carbocycles. The standard InChI is InChI=1S/C15H19BrN2O3/c1-2-5-15(14(20)21)6-7-18(9-15)13(19)11-4-3-10(16)8-12(11)17/h3-4,8H,2,5-7,9,17H2,1H3,(H,20,21). The summed E-state index contributed by atoms with van der Waals surface area (Å²) in [7, 11) is 0. The van der Waals surface area contributed by atoms with Crippen LogP contribution in [0.5, 0.6) is 0 Å². The molecule has 0 radical (unpaired) electrons. The first-order valence-corrected chi connectivity index (χ1v) is 7.76. The number of nitrogen functional groups attached to an aromatic ring is 1. The van der Waals surface area contributed by atoms with E-state index in [1.54, 1.807) is 23.1 Å². The van der Waals surface area contributed by atoms with Crippen molar-refractivity contribution in [2.24, 2.45) is 5.41 Å². The summed E-state index contributed by atoms with van der Waals surface area (Å²) in [5, 5.41) is 9.49. The molecule has 1 unspecified atom stereocenters. The minimum Gasteiger partial charge on any atom is -0.481 e. The van der Waals surface area contributed by atoms with Crippen molar-refractivity contribution in [3.8, 4) is 0 Å². The monoisotopic (exact) mass is 354 g/mol. The summed E-state index contributed by atoms with van der Waals surface area (Å²) in [6.07, 6.45) is 1.87. The number of nitrogens with zero attached hydrogens (tertiary/aromatic N) is 1. The van der Waals surface area contributed by atoms with Crippen LogP contribution in [0.15, 0.2) is 22.7 Å². The molecule has 21 heavy (non-hydrogen) atoms. The average molecular weight is 355 g/mol. The van der Waals surface area contributed by atoms with Crippen LogP contribution in [0.25, 0.3) is 0 Å². The first-order chi connectivity index (χ1) is 9.89. The summed E-state index contributed by atoms with van der Waals surface area (Å²) in [4.78, 5) is 25.7. The number of carbonyl (C=O) groups is 2. The van der Waals surface area contributed by atoms with Gasteiger partial charge >= 0.3 is 5.97 Å². The zero-order valence-electron chi connectivity index (χ0n) is 11.9. The number of carbonyl (C=O) groups excluding carboxylic acids is 1. The molecule has 0 spiro atoms. The highest BCUT2D eigenvalue weighted by Crippen LogP contribution is 2.36. The second kappa shape index (κ2) is 6.05. The number of carboxylic acids is 1. The molecule has 1 aromatic rings. The van der Waals surface area contributed by atoms with Gasteiger partial charge in [0.1, 0.15) is 0 Å². The number of likely N-dealkylation sites (tertiary alicyclic amines) is 1. The molecule has 1 aliphatic heterocycles. The lowest BCUT2D eigenvalue weighted by molar-refractivity contribution is -0.148. The highest BCUT2D eigenvalue weighted by Gasteiger charge is 2.45. The molecule has 1 aromatic carbocycles. The lowest BCUT2D eigenvalue weighted by Crippen LogP contribution is -2.37. The molecule has 1 amide bonds. The topological polar surface area (TPSA) is 83.6 Å². The molecule has 1 atom stereocenters. The fourth-order valence-corrected chi connectivity index (χ4v) is 3.29. The number of anilines is 1. The van der Waals surface area contributed by atoms with Gasteiger partial charge in [-0.05, 0) is 31.0 Å². The van der Waals surface area contributed by atoms with Crippen LogP contribution in [0.1, 0.15) is 36.5 Å². The van der Waals surface area contributed by atoms with Crippen molar-refractivity contribution in [3.63, 3.8) is 0 Å². The number of halogens is 1. The molecule has 5 nitrogen and oxygen atoms in total. The van der Waals surface area contributed by atoms with Crippen molar-refractivity contribution in [2.75, 3.05) is 18.8 Å². The molecule has 114 valence electrons. The SMILES string of the molecule is CCCC1(C(=O)O)CCN(C(=O)c2ccc(Br)cc2N)C1. The molecule has 1 fully saturated rings. The highest BCUT2D eigenvalue weighted by molar-refractivity contribution is 9.10. The van der Waals surface area contributed by atoms with Gasteiger partial charge < -0.3 is 15.7 Å². The normalized spacial score (nSPS) is 21.5. The fourth-order valence-electron chi connectivity index (χ4n) is 2.91. The molecule has 0 aliphatic carbocycles. The van der Waals surface area contributed by atoms with E-state index in [4.69, 9.17) is 5.73 Å². The number of nitrogens with two attached hydrogens (primary N) is 1. The number of rotatable bonds is 4. The summed E-state index contributed by atoms with van der Waals surface area (Å²) in [5.74, 6) is -1.01. The van der Waals surface area contributed by atoms with Crippen molar-refractivity contribution in [3.05, 3.63) is 28.2 Å². The van der Waals surface area contributed by atoms with Crippen LogP contribution >= 0.6 is 15.9 Å². The first kappa shape index (κ1) is 15.8. The molecule has 0 aromatic heterocycles. The Balaban J connectivity index is 2.20. The Bertz CT molecular complexity index is 576. The molecule has 2 rings (SSSR count). The fraction of sp³-hybridized carbons (Fsp3) is 0.467. The van der Waals surface area contributed by atoms with E-state index in [0.717, 1.165) is 10.9 Å². The molecular formula is C15H19BrN2O3. The van der Waals surface area contributed by atoms with E-state index in [1.807, 2.05) is 6.92 Å². The highest BCUT2D eigenvalue weighted by atomic mass is 79.9. The Hall–Kier alpha value is -1.56. The summed E-state index contributed by atoms with van der Waals surface area (Å²) in [5.41, 5.74) is 5.90. The van der Waals surface area contributed by atoms with E-state index in [0.29, 0.717) is 30.6 Å². The Morgan fingerprint density at radius 1 is 1.48 bits per heavy atom. The molecule has 1 heterocycles. The van der Waals surface area contributed by atoms with E-state index < -0.39 is 11.4 Å². The Labute approximate surface area is 132 Å². The minimum atomic E-state index is -0.816. The van der Waals surface area contributed by atoms with Crippen LogP contribution in [-0.4, -0.2) is 35.0 Å². The van der Waals surface area contributed by atoms with Crippen molar-refractivity contribution in [1.82, 2.24) is 4.90 Å². The van der Waals surface area contributed by atoms with Gasteiger partial charge in [0, 0.05) is 23.2 Å². The van der Waals surface area contributed by atoms with Crippen LogP contribution in [0.3, 0.4) is 0 Å². The van der Waals surface area contributed by atoms with E-state index in [2.05, 4.69) is 15.9 Å². The number of hydrogen-bond donors (Lipinski definition) is 2. The van der Waals surface area contributed by atoms with Crippen LogP contribution in [0, 0.1) is 5.41 Å². The molecule has 1 aliphatic rings. The van der Waals surface area contributed by atoms with Gasteiger partial charge in [0.05, 0.1) is 11.0 Å². The summed E-state index contributed by atoms with van der Waals surface area (Å²) >= 11 is 3.30. The summed E-state index contributed by atoms with van der Waals surface area (Å²) in [6.45, 7) is 2.67. The predicted molar refractivity (Wildman–Crippen MR) is 84.1 cm³/mol. The van der Waals surface area contributed by atoms with Gasteiger partial charge in [-0.15, -0.1) is 0 Å². The molecular weight excluding hydrogens is 336 g/mol. The van der Waals surface area contributed by atoms with E-state index in [1.165, 1.54) is 0 Å². The maximum Gasteiger partial charge on any atom is 0.311 e. The maximum absolute atomic E-state index is 12.5. The maximum atomic E-state index is 12.5. The van der Waals surface area contributed by atoms with Crippen LogP contribution in [-0.2, 0) is 4.79 Å². The van der Waals surface area contributed by atoms with E-state index >= 15 is 0 Å². The molecule has 1 saturated heterocycles. The lowest BCUT2D eigenvalue weighted by atomic mass is 9.83. The van der Waals surface area contributed by atoms with Crippen LogP contribution in [0.4, 0.5) is 5.69 Å². The van der Waals surface area contributed by atoms with Gasteiger partial charge in [0.15, 0.2) is 0 Å². The van der Waals surface area contributed by atoms with Crippen LogP contribution in [0.2, 0.25) is 0 Å². The van der Waals surface area contributed by atoms with Crippen molar-refractivity contribution in [1.29, 1.82) is 0 Å². The smallest absolute Gasteiger partial charge is 0.311 e. The molecule has 3 N–H and O–H groups in total. The number of carboxylic acid groups (broad SMARTS) is 1. The van der Waals surface area contributed by atoms with Crippen molar-refractivity contribution < 1.29 is 14.7 Å². The predicted octanol–water partition coefficient (Wildman–Crippen LogP) is 2.75. The zero-order chi connectivity index (χ0) is 15.6. The number of hydrogen-bond acceptors (Lipinski definition) is 3. The van der Waals surface area contributed by atoms with Gasteiger partial charge in [-0.1, -0.05) is 29.3 Å². The number of amides is 1. The van der Waals surface area contributed by atoms with Gasteiger partial charge in [0.25, 0.3) is 5.91 Å². The van der Waals surface area contributed by atoms with Crippen molar-refractivity contribution >= 4 is 33.5 Å². The summed E-state index contributed by atoms with van der Waals surface area (Å²) < 4.78 is 0.809. The zero-order valence-corrected chi connectivity index (χ0v) is 13.5.